The lowest BCUT2D eigenvalue weighted by atomic mass is 9.76. The minimum absolute atomic E-state index is 0.0421. The Balaban J connectivity index is 1.80. The molecule has 4 rings (SSSR count). The molecule has 0 unspecified atom stereocenters. The second-order valence-corrected chi connectivity index (χ2v) is 9.94. The number of allylic oxidation sites excluding steroid dienone is 1. The number of nitrogens with zero attached hydrogens (tertiary/aromatic N) is 1. The zero-order valence-corrected chi connectivity index (χ0v) is 21.4. The Hall–Kier alpha value is -2.88. The van der Waals surface area contributed by atoms with Crippen molar-refractivity contribution in [3.05, 3.63) is 47.6 Å². The van der Waals surface area contributed by atoms with Gasteiger partial charge in [0.25, 0.3) is 0 Å². The molecule has 9 heteroatoms. The number of fused-ring (bicyclic) bond motifs is 3. The molecule has 0 aromatic heterocycles. The summed E-state index contributed by atoms with van der Waals surface area (Å²) in [6.07, 6.45) is 7.06. The van der Waals surface area contributed by atoms with Crippen molar-refractivity contribution in [3.8, 4) is 11.5 Å². The zero-order chi connectivity index (χ0) is 26.5. The summed E-state index contributed by atoms with van der Waals surface area (Å²) in [5, 5.41) is 33.5. The Morgan fingerprint density at radius 2 is 2.00 bits per heavy atom. The minimum Gasteiger partial charge on any atom is -0.493 e. The van der Waals surface area contributed by atoms with E-state index in [4.69, 9.17) is 9.47 Å². The van der Waals surface area contributed by atoms with E-state index in [1.165, 1.54) is 7.11 Å². The molecule has 1 aromatic rings. The molecule has 1 fully saturated rings. The highest BCUT2D eigenvalue weighted by atomic mass is 16.5. The molecule has 1 aromatic carbocycles. The number of hydrogen-bond acceptors (Lipinski definition) is 7. The Labute approximate surface area is 217 Å². The largest absolute Gasteiger partial charge is 0.493 e. The molecule has 4 atom stereocenters. The number of aliphatic hydroxyl groups excluding tert-OH is 3. The standard InChI is InChI=1S/C28H38N2O7/c1-3-4-10-23(33)30(18-8-6-5-7-9-18)21-15-20(28(35)29-11-12-31)24-19-13-17(16-32)14-22(36-2)26(19)37-27(24)25(21)34/h3,13-15,18,21,24-25,27,31-32,34H,1,4-12,16H2,2H3,(H,29,35)/t21-,24+,25+,27+/m1/s1. The highest BCUT2D eigenvalue weighted by molar-refractivity contribution is 5.96. The van der Waals surface area contributed by atoms with Gasteiger partial charge in [0.15, 0.2) is 11.5 Å². The quantitative estimate of drug-likeness (QED) is 0.351. The monoisotopic (exact) mass is 514 g/mol. The van der Waals surface area contributed by atoms with Crippen LogP contribution in [0.3, 0.4) is 0 Å². The Morgan fingerprint density at radius 3 is 2.65 bits per heavy atom. The molecule has 0 saturated heterocycles. The van der Waals surface area contributed by atoms with E-state index in [0.717, 1.165) is 32.1 Å². The van der Waals surface area contributed by atoms with Gasteiger partial charge in [-0.2, -0.15) is 0 Å². The predicted octanol–water partition coefficient (Wildman–Crippen LogP) is 1.94. The van der Waals surface area contributed by atoms with E-state index >= 15 is 0 Å². The third kappa shape index (κ3) is 5.39. The van der Waals surface area contributed by atoms with Gasteiger partial charge in [0.05, 0.1) is 32.3 Å². The molecular formula is C28H38N2O7. The zero-order valence-electron chi connectivity index (χ0n) is 21.4. The van der Waals surface area contributed by atoms with Crippen LogP contribution >= 0.6 is 0 Å². The maximum Gasteiger partial charge on any atom is 0.247 e. The van der Waals surface area contributed by atoms with Crippen LogP contribution in [0.5, 0.6) is 11.5 Å². The summed E-state index contributed by atoms with van der Waals surface area (Å²) in [5.41, 5.74) is 1.59. The number of amides is 2. The van der Waals surface area contributed by atoms with Crippen LogP contribution in [0.4, 0.5) is 0 Å². The van der Waals surface area contributed by atoms with Crippen LogP contribution in [0.1, 0.15) is 62.0 Å². The lowest BCUT2D eigenvalue weighted by Gasteiger charge is -2.45. The summed E-state index contributed by atoms with van der Waals surface area (Å²) in [4.78, 5) is 28.7. The fourth-order valence-electron chi connectivity index (χ4n) is 5.92. The maximum atomic E-state index is 13.5. The maximum absolute atomic E-state index is 13.5. The van der Waals surface area contributed by atoms with Crippen LogP contribution in [0.2, 0.25) is 0 Å². The number of carbonyl (C=O) groups excluding carboxylic acids is 2. The third-order valence-electron chi connectivity index (χ3n) is 7.63. The van der Waals surface area contributed by atoms with Gasteiger partial charge in [0, 0.05) is 30.1 Å². The van der Waals surface area contributed by atoms with Gasteiger partial charge >= 0.3 is 0 Å². The van der Waals surface area contributed by atoms with E-state index in [0.29, 0.717) is 34.6 Å². The number of methoxy groups -OCH3 is 1. The number of rotatable bonds is 10. The summed E-state index contributed by atoms with van der Waals surface area (Å²) in [5.74, 6) is -0.292. The highest BCUT2D eigenvalue weighted by Gasteiger charge is 2.52. The Bertz CT molecular complexity index is 1030. The lowest BCUT2D eigenvalue weighted by Crippen LogP contribution is -2.58. The highest BCUT2D eigenvalue weighted by Crippen LogP contribution is 2.51. The van der Waals surface area contributed by atoms with Gasteiger partial charge in [-0.1, -0.05) is 25.3 Å². The summed E-state index contributed by atoms with van der Waals surface area (Å²) < 4.78 is 11.8. The van der Waals surface area contributed by atoms with Gasteiger partial charge in [-0.25, -0.2) is 0 Å². The van der Waals surface area contributed by atoms with E-state index in [2.05, 4.69) is 11.9 Å². The van der Waals surface area contributed by atoms with Crippen molar-refractivity contribution in [2.45, 2.75) is 81.8 Å². The van der Waals surface area contributed by atoms with Crippen LogP contribution in [0.15, 0.2) is 36.4 Å². The molecule has 0 spiro atoms. The van der Waals surface area contributed by atoms with E-state index in [1.54, 1.807) is 29.2 Å². The van der Waals surface area contributed by atoms with Gasteiger partial charge in [0.1, 0.15) is 12.2 Å². The summed E-state index contributed by atoms with van der Waals surface area (Å²) >= 11 is 0. The summed E-state index contributed by atoms with van der Waals surface area (Å²) in [7, 11) is 1.50. The van der Waals surface area contributed by atoms with Crippen molar-refractivity contribution in [2.24, 2.45) is 0 Å². The van der Waals surface area contributed by atoms with E-state index in [9.17, 15) is 24.9 Å². The molecule has 0 radical (unpaired) electrons. The van der Waals surface area contributed by atoms with Crippen LogP contribution < -0.4 is 14.8 Å². The average molecular weight is 515 g/mol. The van der Waals surface area contributed by atoms with E-state index in [1.807, 2.05) is 0 Å². The fourth-order valence-corrected chi connectivity index (χ4v) is 5.92. The second-order valence-electron chi connectivity index (χ2n) is 9.94. The van der Waals surface area contributed by atoms with Crippen LogP contribution in [-0.2, 0) is 16.2 Å². The van der Waals surface area contributed by atoms with Crippen LogP contribution in [0, 0.1) is 0 Å². The molecule has 2 amide bonds. The normalized spacial score (nSPS) is 24.8. The molecule has 37 heavy (non-hydrogen) atoms. The fraction of sp³-hybridized carbons (Fsp3) is 0.571. The molecular weight excluding hydrogens is 476 g/mol. The number of benzene rings is 1. The van der Waals surface area contributed by atoms with Crippen molar-refractivity contribution in [1.29, 1.82) is 0 Å². The molecule has 1 heterocycles. The molecule has 1 aliphatic heterocycles. The summed E-state index contributed by atoms with van der Waals surface area (Å²) in [6, 6.07) is 2.63. The molecule has 4 N–H and O–H groups in total. The molecule has 2 aliphatic carbocycles. The molecule has 9 nitrogen and oxygen atoms in total. The molecule has 0 bridgehead atoms. The third-order valence-corrected chi connectivity index (χ3v) is 7.63. The van der Waals surface area contributed by atoms with Crippen molar-refractivity contribution >= 4 is 11.8 Å². The first kappa shape index (κ1) is 27.2. The number of carbonyl (C=O) groups is 2. The van der Waals surface area contributed by atoms with Crippen LogP contribution in [0.25, 0.3) is 0 Å². The van der Waals surface area contributed by atoms with Gasteiger partial charge in [-0.15, -0.1) is 6.58 Å². The van der Waals surface area contributed by atoms with Crippen molar-refractivity contribution in [1.82, 2.24) is 10.2 Å². The van der Waals surface area contributed by atoms with Gasteiger partial charge < -0.3 is 35.0 Å². The van der Waals surface area contributed by atoms with Crippen molar-refractivity contribution < 1.29 is 34.4 Å². The number of nitrogens with one attached hydrogen (secondary N) is 1. The Kier molecular flexibility index (Phi) is 8.89. The smallest absolute Gasteiger partial charge is 0.247 e. The first-order chi connectivity index (χ1) is 17.9. The lowest BCUT2D eigenvalue weighted by molar-refractivity contribution is -0.141. The van der Waals surface area contributed by atoms with E-state index < -0.39 is 30.1 Å². The first-order valence-electron chi connectivity index (χ1n) is 13.1. The topological polar surface area (TPSA) is 129 Å². The first-order valence-corrected chi connectivity index (χ1v) is 13.1. The average Bonchev–Trinajstić information content (AvgIpc) is 3.32. The van der Waals surface area contributed by atoms with Crippen molar-refractivity contribution in [3.63, 3.8) is 0 Å². The number of aliphatic hydroxyl groups is 3. The van der Waals surface area contributed by atoms with E-state index in [-0.39, 0.29) is 38.1 Å². The number of hydrogen-bond donors (Lipinski definition) is 4. The second kappa shape index (κ2) is 12.1. The van der Waals surface area contributed by atoms with Crippen molar-refractivity contribution in [2.75, 3.05) is 20.3 Å². The molecule has 202 valence electrons. The SMILES string of the molecule is C=CCCC(=O)N(C1CCCCC1)[C@@H]1C=C(C(=O)NCCO)[C@@H]2c3cc(CO)cc(OC)c3O[C@@H]2[C@H]1O. The minimum atomic E-state index is -1.09. The molecule has 1 saturated carbocycles. The van der Waals surface area contributed by atoms with Gasteiger partial charge in [-0.05, 0) is 43.0 Å². The van der Waals surface area contributed by atoms with Gasteiger partial charge in [-0.3, -0.25) is 9.59 Å². The van der Waals surface area contributed by atoms with Gasteiger partial charge in [0.2, 0.25) is 11.8 Å². The predicted molar refractivity (Wildman–Crippen MR) is 137 cm³/mol. The molecule has 3 aliphatic rings. The van der Waals surface area contributed by atoms with Crippen LogP contribution in [-0.4, -0.2) is 76.6 Å². The number of ether oxygens (including phenoxy) is 2. The summed E-state index contributed by atoms with van der Waals surface area (Å²) in [6.45, 7) is 3.36. The Morgan fingerprint density at radius 1 is 1.24 bits per heavy atom.